The maximum Gasteiger partial charge on any atom is 0.433 e. The van der Waals surface area contributed by atoms with Gasteiger partial charge in [0.05, 0.1) is 7.11 Å². The normalized spacial score (nSPS) is 12.3. The van der Waals surface area contributed by atoms with Gasteiger partial charge in [-0.1, -0.05) is 48.2 Å². The Labute approximate surface area is 169 Å². The molecule has 0 aliphatic rings. The standard InChI is InChI=1S/C20H16F3N3O2S/c1-28-15-9-5-8-14(12-15)25-18(27)17(13-6-3-2-4-7-13)29-19-24-11-10-16(26-19)20(21,22)23/h2-12,17H,1H3,(H,25,27). The van der Waals surface area contributed by atoms with E-state index in [0.717, 1.165) is 24.0 Å². The van der Waals surface area contributed by atoms with Gasteiger partial charge in [0.1, 0.15) is 16.7 Å². The Bertz CT molecular complexity index is 984. The van der Waals surface area contributed by atoms with Gasteiger partial charge in [-0.15, -0.1) is 0 Å². The first kappa shape index (κ1) is 20.7. The number of hydrogen-bond acceptors (Lipinski definition) is 5. The predicted molar refractivity (Wildman–Crippen MR) is 104 cm³/mol. The van der Waals surface area contributed by atoms with E-state index in [-0.39, 0.29) is 5.16 Å². The number of thioether (sulfide) groups is 1. The summed E-state index contributed by atoms with van der Waals surface area (Å²) in [6, 6.07) is 16.3. The third kappa shape index (κ3) is 5.47. The molecule has 0 radical (unpaired) electrons. The number of alkyl halides is 3. The van der Waals surface area contributed by atoms with Crippen LogP contribution in [0.25, 0.3) is 0 Å². The maximum atomic E-state index is 13.0. The van der Waals surface area contributed by atoms with Crippen molar-refractivity contribution in [1.82, 2.24) is 9.97 Å². The van der Waals surface area contributed by atoms with Crippen LogP contribution in [-0.2, 0) is 11.0 Å². The summed E-state index contributed by atoms with van der Waals surface area (Å²) in [6.07, 6.45) is -3.57. The number of carbonyl (C=O) groups excluding carboxylic acids is 1. The molecule has 1 N–H and O–H groups in total. The summed E-state index contributed by atoms with van der Waals surface area (Å²) in [5, 5.41) is 1.76. The van der Waals surface area contributed by atoms with E-state index in [1.807, 2.05) is 0 Å². The lowest BCUT2D eigenvalue weighted by Crippen LogP contribution is -2.19. The van der Waals surface area contributed by atoms with Crippen molar-refractivity contribution in [3.8, 4) is 5.75 Å². The number of nitrogens with zero attached hydrogens (tertiary/aromatic N) is 2. The van der Waals surface area contributed by atoms with Crippen molar-refractivity contribution < 1.29 is 22.7 Å². The third-order valence-corrected chi connectivity index (χ3v) is 4.95. The fraction of sp³-hybridized carbons (Fsp3) is 0.150. The van der Waals surface area contributed by atoms with Crippen molar-refractivity contribution in [2.75, 3.05) is 12.4 Å². The molecule has 0 fully saturated rings. The number of methoxy groups -OCH3 is 1. The number of aromatic nitrogens is 2. The van der Waals surface area contributed by atoms with Crippen LogP contribution in [0, 0.1) is 0 Å². The quantitative estimate of drug-likeness (QED) is 0.451. The van der Waals surface area contributed by atoms with Crippen molar-refractivity contribution >= 4 is 23.4 Å². The molecule has 150 valence electrons. The number of hydrogen-bond donors (Lipinski definition) is 1. The summed E-state index contributed by atoms with van der Waals surface area (Å²) >= 11 is 0.844. The van der Waals surface area contributed by atoms with Crippen LogP contribution >= 0.6 is 11.8 Å². The topological polar surface area (TPSA) is 64.1 Å². The second-order valence-corrected chi connectivity index (χ2v) is 6.92. The summed E-state index contributed by atoms with van der Waals surface area (Å²) in [5.41, 5.74) is 0.0507. The molecule has 3 rings (SSSR count). The highest BCUT2D eigenvalue weighted by Gasteiger charge is 2.33. The molecule has 0 aliphatic carbocycles. The lowest BCUT2D eigenvalue weighted by Gasteiger charge is -2.17. The maximum absolute atomic E-state index is 13.0. The summed E-state index contributed by atoms with van der Waals surface area (Å²) in [7, 11) is 1.51. The van der Waals surface area contributed by atoms with Crippen LogP contribution in [0.15, 0.2) is 72.0 Å². The molecule has 1 unspecified atom stereocenters. The molecule has 1 amide bonds. The lowest BCUT2D eigenvalue weighted by atomic mass is 10.1. The monoisotopic (exact) mass is 419 g/mol. The molecular formula is C20H16F3N3O2S. The van der Waals surface area contributed by atoms with Crippen LogP contribution in [0.2, 0.25) is 0 Å². The number of amides is 1. The molecule has 1 aromatic heterocycles. The highest BCUT2D eigenvalue weighted by atomic mass is 32.2. The molecule has 9 heteroatoms. The van der Waals surface area contributed by atoms with Gasteiger partial charge in [0.25, 0.3) is 0 Å². The summed E-state index contributed by atoms with van der Waals surface area (Å²) in [4.78, 5) is 20.4. The minimum Gasteiger partial charge on any atom is -0.497 e. The molecule has 1 heterocycles. The molecule has 0 saturated carbocycles. The summed E-state index contributed by atoms with van der Waals surface area (Å²) < 4.78 is 44.0. The van der Waals surface area contributed by atoms with Crippen LogP contribution in [0.3, 0.4) is 0 Å². The van der Waals surface area contributed by atoms with Crippen molar-refractivity contribution in [2.24, 2.45) is 0 Å². The number of ether oxygens (including phenoxy) is 1. The van der Waals surface area contributed by atoms with Gasteiger partial charge in [-0.25, -0.2) is 9.97 Å². The highest BCUT2D eigenvalue weighted by molar-refractivity contribution is 8.00. The number of anilines is 1. The van der Waals surface area contributed by atoms with Crippen molar-refractivity contribution in [2.45, 2.75) is 16.6 Å². The molecule has 0 spiro atoms. The van der Waals surface area contributed by atoms with Crippen molar-refractivity contribution in [3.05, 3.63) is 78.1 Å². The van der Waals surface area contributed by atoms with E-state index in [2.05, 4.69) is 15.3 Å². The highest BCUT2D eigenvalue weighted by Crippen LogP contribution is 2.36. The minimum absolute atomic E-state index is 0.144. The van der Waals surface area contributed by atoms with Crippen LogP contribution < -0.4 is 10.1 Å². The van der Waals surface area contributed by atoms with E-state index in [9.17, 15) is 18.0 Å². The van der Waals surface area contributed by atoms with Gasteiger partial charge in [-0.3, -0.25) is 4.79 Å². The van der Waals surface area contributed by atoms with Crippen molar-refractivity contribution in [3.63, 3.8) is 0 Å². The first-order valence-electron chi connectivity index (χ1n) is 8.43. The zero-order valence-corrected chi connectivity index (χ0v) is 16.0. The Hall–Kier alpha value is -3.07. The van der Waals surface area contributed by atoms with Gasteiger partial charge in [0.2, 0.25) is 5.91 Å². The van der Waals surface area contributed by atoms with Gasteiger partial charge in [0, 0.05) is 18.0 Å². The fourth-order valence-electron chi connectivity index (χ4n) is 2.47. The Morgan fingerprint density at radius 2 is 1.86 bits per heavy atom. The molecule has 2 aromatic carbocycles. The number of rotatable bonds is 6. The second kappa shape index (κ2) is 8.95. The molecule has 3 aromatic rings. The smallest absolute Gasteiger partial charge is 0.433 e. The predicted octanol–water partition coefficient (Wildman–Crippen LogP) is 4.98. The van der Waals surface area contributed by atoms with E-state index in [4.69, 9.17) is 4.74 Å². The number of carbonyl (C=O) groups is 1. The average Bonchev–Trinajstić information content (AvgIpc) is 2.72. The Morgan fingerprint density at radius 3 is 2.55 bits per heavy atom. The zero-order valence-electron chi connectivity index (χ0n) is 15.2. The second-order valence-electron chi connectivity index (χ2n) is 5.85. The largest absolute Gasteiger partial charge is 0.497 e. The molecule has 0 aliphatic heterocycles. The molecule has 1 atom stereocenters. The molecular weight excluding hydrogens is 403 g/mol. The van der Waals surface area contributed by atoms with Gasteiger partial charge in [0.15, 0.2) is 5.16 Å². The Morgan fingerprint density at radius 1 is 1.10 bits per heavy atom. The van der Waals surface area contributed by atoms with Gasteiger partial charge >= 0.3 is 6.18 Å². The van der Waals surface area contributed by atoms with Gasteiger partial charge < -0.3 is 10.1 Å². The Balaban J connectivity index is 1.88. The summed E-state index contributed by atoms with van der Waals surface area (Å²) in [5.74, 6) is 0.142. The lowest BCUT2D eigenvalue weighted by molar-refractivity contribution is -0.141. The van der Waals surface area contributed by atoms with Gasteiger partial charge in [-0.2, -0.15) is 13.2 Å². The molecule has 5 nitrogen and oxygen atoms in total. The van der Waals surface area contributed by atoms with Crippen LogP contribution in [-0.4, -0.2) is 23.0 Å². The molecule has 29 heavy (non-hydrogen) atoms. The minimum atomic E-state index is -4.59. The molecule has 0 bridgehead atoms. The summed E-state index contributed by atoms with van der Waals surface area (Å²) in [6.45, 7) is 0. The number of benzene rings is 2. The first-order valence-corrected chi connectivity index (χ1v) is 9.31. The fourth-order valence-corrected chi connectivity index (χ4v) is 3.41. The van der Waals surface area contributed by atoms with Crippen LogP contribution in [0.4, 0.5) is 18.9 Å². The van der Waals surface area contributed by atoms with Crippen LogP contribution in [0.5, 0.6) is 5.75 Å². The van der Waals surface area contributed by atoms with Crippen LogP contribution in [0.1, 0.15) is 16.5 Å². The average molecular weight is 419 g/mol. The van der Waals surface area contributed by atoms with Crippen molar-refractivity contribution in [1.29, 1.82) is 0 Å². The third-order valence-electron chi connectivity index (χ3n) is 3.82. The van der Waals surface area contributed by atoms with E-state index < -0.39 is 23.0 Å². The Kier molecular flexibility index (Phi) is 6.38. The van der Waals surface area contributed by atoms with E-state index >= 15 is 0 Å². The SMILES string of the molecule is COc1cccc(NC(=O)C(Sc2nccc(C(F)(F)F)n2)c2ccccc2)c1. The molecule has 0 saturated heterocycles. The number of halogens is 3. The van der Waals surface area contributed by atoms with E-state index in [0.29, 0.717) is 17.0 Å². The zero-order chi connectivity index (χ0) is 20.9. The number of nitrogens with one attached hydrogen (secondary N) is 1. The van der Waals surface area contributed by atoms with Gasteiger partial charge in [-0.05, 0) is 23.8 Å². The van der Waals surface area contributed by atoms with E-state index in [1.54, 1.807) is 54.6 Å². The van der Waals surface area contributed by atoms with E-state index in [1.165, 1.54) is 7.11 Å². The first-order chi connectivity index (χ1) is 13.9.